The van der Waals surface area contributed by atoms with E-state index in [1.807, 2.05) is 0 Å². The van der Waals surface area contributed by atoms with E-state index in [-0.39, 0.29) is 5.78 Å². The SMILES string of the molecule is CC(=O)Cc1ccc(CC(C)(C)C)cc1. The van der Waals surface area contributed by atoms with E-state index in [2.05, 4.69) is 45.0 Å². The molecule has 1 aromatic carbocycles. The van der Waals surface area contributed by atoms with Gasteiger partial charge in [-0.05, 0) is 29.9 Å². The summed E-state index contributed by atoms with van der Waals surface area (Å²) in [6, 6.07) is 8.37. The molecule has 0 radical (unpaired) electrons. The van der Waals surface area contributed by atoms with E-state index in [0.717, 1.165) is 12.0 Å². The van der Waals surface area contributed by atoms with Crippen molar-refractivity contribution < 1.29 is 4.79 Å². The number of rotatable bonds is 3. The van der Waals surface area contributed by atoms with Gasteiger partial charge in [0.1, 0.15) is 5.78 Å². The third kappa shape index (κ3) is 4.78. The molecule has 0 heterocycles. The number of carbonyl (C=O) groups is 1. The van der Waals surface area contributed by atoms with Crippen molar-refractivity contribution in [1.29, 1.82) is 0 Å². The van der Waals surface area contributed by atoms with E-state index in [9.17, 15) is 4.79 Å². The monoisotopic (exact) mass is 204 g/mol. The summed E-state index contributed by atoms with van der Waals surface area (Å²) in [6.07, 6.45) is 1.63. The molecule has 1 rings (SSSR count). The predicted octanol–water partition coefficient (Wildman–Crippen LogP) is 3.41. The van der Waals surface area contributed by atoms with Gasteiger partial charge in [0.05, 0.1) is 0 Å². The molecule has 0 aliphatic heterocycles. The Labute approximate surface area is 92.5 Å². The van der Waals surface area contributed by atoms with Gasteiger partial charge in [-0.15, -0.1) is 0 Å². The van der Waals surface area contributed by atoms with Gasteiger partial charge < -0.3 is 0 Å². The van der Waals surface area contributed by atoms with Gasteiger partial charge in [-0.3, -0.25) is 4.79 Å². The van der Waals surface area contributed by atoms with Crippen LogP contribution < -0.4 is 0 Å². The summed E-state index contributed by atoms with van der Waals surface area (Å²) in [7, 11) is 0. The van der Waals surface area contributed by atoms with Crippen LogP contribution in [0.3, 0.4) is 0 Å². The lowest BCUT2D eigenvalue weighted by atomic mass is 9.88. The van der Waals surface area contributed by atoms with Crippen molar-refractivity contribution in [1.82, 2.24) is 0 Å². The van der Waals surface area contributed by atoms with Crippen LogP contribution in [0.25, 0.3) is 0 Å². The molecule has 1 heteroatoms. The topological polar surface area (TPSA) is 17.1 Å². The first-order chi connectivity index (χ1) is 6.87. The van der Waals surface area contributed by atoms with Crippen LogP contribution in [-0.4, -0.2) is 5.78 Å². The van der Waals surface area contributed by atoms with Gasteiger partial charge in [0.25, 0.3) is 0 Å². The normalized spacial score (nSPS) is 11.5. The largest absolute Gasteiger partial charge is 0.300 e. The van der Waals surface area contributed by atoms with Crippen molar-refractivity contribution in [2.75, 3.05) is 0 Å². The summed E-state index contributed by atoms with van der Waals surface area (Å²) in [5, 5.41) is 0. The molecule has 0 aliphatic rings. The molecule has 1 nitrogen and oxygen atoms in total. The molecule has 0 saturated heterocycles. The van der Waals surface area contributed by atoms with Crippen LogP contribution in [0.4, 0.5) is 0 Å². The molecule has 15 heavy (non-hydrogen) atoms. The summed E-state index contributed by atoms with van der Waals surface area (Å²) in [6.45, 7) is 8.33. The van der Waals surface area contributed by atoms with Crippen LogP contribution in [0.1, 0.15) is 38.8 Å². The molecule has 82 valence electrons. The van der Waals surface area contributed by atoms with Crippen LogP contribution in [0.2, 0.25) is 0 Å². The third-order valence-corrected chi connectivity index (χ3v) is 2.21. The standard InChI is InChI=1S/C14H20O/c1-11(15)9-12-5-7-13(8-6-12)10-14(2,3)4/h5-8H,9-10H2,1-4H3. The fourth-order valence-corrected chi connectivity index (χ4v) is 1.67. The maximum Gasteiger partial charge on any atom is 0.134 e. The van der Waals surface area contributed by atoms with E-state index in [4.69, 9.17) is 0 Å². The van der Waals surface area contributed by atoms with Crippen LogP contribution >= 0.6 is 0 Å². The molecule has 0 N–H and O–H groups in total. The molecule has 1 aromatic rings. The third-order valence-electron chi connectivity index (χ3n) is 2.21. The molecule has 0 saturated carbocycles. The zero-order valence-corrected chi connectivity index (χ0v) is 10.1. The van der Waals surface area contributed by atoms with Crippen molar-refractivity contribution in [2.24, 2.45) is 5.41 Å². The summed E-state index contributed by atoms with van der Waals surface area (Å²) in [4.78, 5) is 10.9. The Hall–Kier alpha value is -1.11. The fourth-order valence-electron chi connectivity index (χ4n) is 1.67. The highest BCUT2D eigenvalue weighted by Crippen LogP contribution is 2.20. The predicted molar refractivity (Wildman–Crippen MR) is 64.0 cm³/mol. The molecular formula is C14H20O. The number of benzene rings is 1. The molecule has 0 aromatic heterocycles. The van der Waals surface area contributed by atoms with Crippen LogP contribution in [-0.2, 0) is 17.6 Å². The average Bonchev–Trinajstić information content (AvgIpc) is 2.05. The zero-order chi connectivity index (χ0) is 11.5. The van der Waals surface area contributed by atoms with E-state index >= 15 is 0 Å². The van der Waals surface area contributed by atoms with Gasteiger partial charge in [-0.2, -0.15) is 0 Å². The van der Waals surface area contributed by atoms with Crippen molar-refractivity contribution in [3.05, 3.63) is 35.4 Å². The minimum Gasteiger partial charge on any atom is -0.300 e. The van der Waals surface area contributed by atoms with E-state index in [1.165, 1.54) is 5.56 Å². The van der Waals surface area contributed by atoms with Crippen LogP contribution in [0, 0.1) is 5.41 Å². The second kappa shape index (κ2) is 4.61. The van der Waals surface area contributed by atoms with Crippen molar-refractivity contribution in [2.45, 2.75) is 40.5 Å². The average molecular weight is 204 g/mol. The van der Waals surface area contributed by atoms with Gasteiger partial charge in [-0.25, -0.2) is 0 Å². The highest BCUT2D eigenvalue weighted by atomic mass is 16.1. The van der Waals surface area contributed by atoms with Gasteiger partial charge in [-0.1, -0.05) is 45.0 Å². The van der Waals surface area contributed by atoms with E-state index < -0.39 is 0 Å². The molecule has 0 aliphatic carbocycles. The Kier molecular flexibility index (Phi) is 3.67. The smallest absolute Gasteiger partial charge is 0.134 e. The summed E-state index contributed by atoms with van der Waals surface area (Å²) in [5.41, 5.74) is 2.78. The Morgan fingerprint density at radius 2 is 1.53 bits per heavy atom. The van der Waals surface area contributed by atoms with Gasteiger partial charge in [0.2, 0.25) is 0 Å². The minimum absolute atomic E-state index is 0.221. The maximum atomic E-state index is 10.9. The van der Waals surface area contributed by atoms with Crippen LogP contribution in [0.5, 0.6) is 0 Å². The number of hydrogen-bond acceptors (Lipinski definition) is 1. The highest BCUT2D eigenvalue weighted by molar-refractivity contribution is 5.78. The lowest BCUT2D eigenvalue weighted by Crippen LogP contribution is -2.09. The Bertz CT molecular complexity index is 327. The first-order valence-electron chi connectivity index (χ1n) is 5.44. The molecule has 0 spiro atoms. The van der Waals surface area contributed by atoms with Crippen molar-refractivity contribution >= 4 is 5.78 Å². The van der Waals surface area contributed by atoms with Gasteiger partial charge in [0, 0.05) is 6.42 Å². The van der Waals surface area contributed by atoms with Gasteiger partial charge >= 0.3 is 0 Å². The molecular weight excluding hydrogens is 184 g/mol. The molecule has 0 atom stereocenters. The second-order valence-electron chi connectivity index (χ2n) is 5.43. The van der Waals surface area contributed by atoms with Gasteiger partial charge in [0.15, 0.2) is 0 Å². The molecule has 0 fully saturated rings. The summed E-state index contributed by atoms with van der Waals surface area (Å²) in [5.74, 6) is 0.221. The Morgan fingerprint density at radius 3 is 1.93 bits per heavy atom. The quantitative estimate of drug-likeness (QED) is 0.737. The Morgan fingerprint density at radius 1 is 1.07 bits per heavy atom. The second-order valence-corrected chi connectivity index (χ2v) is 5.43. The van der Waals surface area contributed by atoms with Crippen molar-refractivity contribution in [3.8, 4) is 0 Å². The highest BCUT2D eigenvalue weighted by Gasteiger charge is 2.10. The van der Waals surface area contributed by atoms with E-state index in [1.54, 1.807) is 6.92 Å². The lowest BCUT2D eigenvalue weighted by molar-refractivity contribution is -0.116. The lowest BCUT2D eigenvalue weighted by Gasteiger charge is -2.18. The summed E-state index contributed by atoms with van der Waals surface area (Å²) >= 11 is 0. The first-order valence-corrected chi connectivity index (χ1v) is 5.44. The number of ketones is 1. The minimum atomic E-state index is 0.221. The molecule has 0 amide bonds. The fraction of sp³-hybridized carbons (Fsp3) is 0.500. The number of Topliss-reactive ketones (excluding diaryl/α,β-unsaturated/α-hetero) is 1. The molecule has 0 bridgehead atoms. The maximum absolute atomic E-state index is 10.9. The number of carbonyl (C=O) groups excluding carboxylic acids is 1. The van der Waals surface area contributed by atoms with Crippen LogP contribution in [0.15, 0.2) is 24.3 Å². The number of hydrogen-bond donors (Lipinski definition) is 0. The first kappa shape index (κ1) is 12.0. The molecule has 0 unspecified atom stereocenters. The van der Waals surface area contributed by atoms with Crippen molar-refractivity contribution in [3.63, 3.8) is 0 Å². The van der Waals surface area contributed by atoms with E-state index in [0.29, 0.717) is 11.8 Å². The summed E-state index contributed by atoms with van der Waals surface area (Å²) < 4.78 is 0. The Balaban J connectivity index is 2.68. The zero-order valence-electron chi connectivity index (χ0n) is 10.1.